The van der Waals surface area contributed by atoms with Crippen LogP contribution < -0.4 is 10.6 Å². The van der Waals surface area contributed by atoms with Crippen LogP contribution in [0.4, 0.5) is 0 Å². The predicted molar refractivity (Wildman–Crippen MR) is 64.4 cm³/mol. The van der Waals surface area contributed by atoms with Crippen molar-refractivity contribution in [3.8, 4) is 0 Å². The van der Waals surface area contributed by atoms with E-state index < -0.39 is 0 Å². The van der Waals surface area contributed by atoms with E-state index in [-0.39, 0.29) is 5.91 Å². The Morgan fingerprint density at radius 3 is 2.88 bits per heavy atom. The topological polar surface area (TPSA) is 50.4 Å². The summed E-state index contributed by atoms with van der Waals surface area (Å²) < 4.78 is 5.47. The third-order valence-electron chi connectivity index (χ3n) is 2.72. The molecule has 4 heteroatoms. The van der Waals surface area contributed by atoms with Gasteiger partial charge in [-0.15, -0.1) is 0 Å². The van der Waals surface area contributed by atoms with Gasteiger partial charge in [-0.25, -0.2) is 0 Å². The largest absolute Gasteiger partial charge is 0.378 e. The molecule has 1 aliphatic rings. The molecule has 2 N–H and O–H groups in total. The molecular formula is C12H24N2O2. The van der Waals surface area contributed by atoms with Gasteiger partial charge in [-0.05, 0) is 19.3 Å². The number of hydrogen-bond acceptors (Lipinski definition) is 3. The summed E-state index contributed by atoms with van der Waals surface area (Å²) >= 11 is 0. The summed E-state index contributed by atoms with van der Waals surface area (Å²) in [4.78, 5) is 11.4. The zero-order chi connectivity index (χ0) is 11.8. The van der Waals surface area contributed by atoms with Gasteiger partial charge in [0.25, 0.3) is 0 Å². The van der Waals surface area contributed by atoms with Crippen molar-refractivity contribution >= 4 is 5.91 Å². The third kappa shape index (κ3) is 6.08. The second-order valence-corrected chi connectivity index (χ2v) is 4.63. The fourth-order valence-electron chi connectivity index (χ4n) is 1.82. The summed E-state index contributed by atoms with van der Waals surface area (Å²) in [6.45, 7) is 6.61. The van der Waals surface area contributed by atoms with Crippen LogP contribution in [0.5, 0.6) is 0 Å². The number of nitrogens with one attached hydrogen (secondary N) is 2. The first kappa shape index (κ1) is 13.5. The lowest BCUT2D eigenvalue weighted by Crippen LogP contribution is -2.34. The number of carbonyl (C=O) groups excluding carboxylic acids is 1. The summed E-state index contributed by atoms with van der Waals surface area (Å²) in [5, 5.41) is 6.16. The Morgan fingerprint density at radius 1 is 1.44 bits per heavy atom. The molecule has 0 radical (unpaired) electrons. The number of rotatable bonds is 7. The van der Waals surface area contributed by atoms with Crippen LogP contribution >= 0.6 is 0 Å². The molecule has 1 atom stereocenters. The molecule has 1 heterocycles. The van der Waals surface area contributed by atoms with Gasteiger partial charge in [0.05, 0.1) is 6.10 Å². The van der Waals surface area contributed by atoms with Crippen LogP contribution in [-0.2, 0) is 9.53 Å². The second kappa shape index (κ2) is 7.63. The van der Waals surface area contributed by atoms with Gasteiger partial charge >= 0.3 is 0 Å². The SMILES string of the molecule is CC(C)NCCNC(=O)CCC1CCCO1. The smallest absolute Gasteiger partial charge is 0.220 e. The lowest BCUT2D eigenvalue weighted by atomic mass is 10.1. The average Bonchev–Trinajstić information content (AvgIpc) is 2.74. The Morgan fingerprint density at radius 2 is 2.25 bits per heavy atom. The number of ether oxygens (including phenoxy) is 1. The van der Waals surface area contributed by atoms with Crippen molar-refractivity contribution in [1.82, 2.24) is 10.6 Å². The highest BCUT2D eigenvalue weighted by Gasteiger charge is 2.16. The van der Waals surface area contributed by atoms with E-state index in [4.69, 9.17) is 4.74 Å². The van der Waals surface area contributed by atoms with Gasteiger partial charge in [-0.2, -0.15) is 0 Å². The summed E-state index contributed by atoms with van der Waals surface area (Å²) in [7, 11) is 0. The number of carbonyl (C=O) groups is 1. The standard InChI is InChI=1S/C12H24N2O2/c1-10(2)13-7-8-14-12(15)6-5-11-4-3-9-16-11/h10-11,13H,3-9H2,1-2H3,(H,14,15). The molecule has 0 aromatic rings. The molecule has 1 fully saturated rings. The first-order valence-electron chi connectivity index (χ1n) is 6.30. The normalized spacial score (nSPS) is 20.3. The van der Waals surface area contributed by atoms with E-state index in [9.17, 15) is 4.79 Å². The summed E-state index contributed by atoms with van der Waals surface area (Å²) in [5.41, 5.74) is 0. The highest BCUT2D eigenvalue weighted by Crippen LogP contribution is 2.16. The Labute approximate surface area is 98.1 Å². The molecule has 0 saturated carbocycles. The van der Waals surface area contributed by atoms with Gasteiger partial charge in [0, 0.05) is 32.2 Å². The summed E-state index contributed by atoms with van der Waals surface area (Å²) in [6, 6.07) is 0.476. The van der Waals surface area contributed by atoms with Gasteiger partial charge in [-0.1, -0.05) is 13.8 Å². The molecule has 1 unspecified atom stereocenters. The van der Waals surface area contributed by atoms with E-state index in [0.29, 0.717) is 25.1 Å². The Hall–Kier alpha value is -0.610. The van der Waals surface area contributed by atoms with Gasteiger partial charge in [0.1, 0.15) is 0 Å². The van der Waals surface area contributed by atoms with Crippen molar-refractivity contribution in [2.24, 2.45) is 0 Å². The summed E-state index contributed by atoms with van der Waals surface area (Å²) in [6.07, 6.45) is 4.03. The minimum absolute atomic E-state index is 0.140. The Kier molecular flexibility index (Phi) is 6.42. The molecule has 4 nitrogen and oxygen atoms in total. The maximum Gasteiger partial charge on any atom is 0.220 e. The molecule has 0 spiro atoms. The van der Waals surface area contributed by atoms with E-state index in [0.717, 1.165) is 32.4 Å². The maximum absolute atomic E-state index is 11.4. The van der Waals surface area contributed by atoms with Gasteiger partial charge < -0.3 is 15.4 Å². The predicted octanol–water partition coefficient (Wildman–Crippen LogP) is 1.06. The Bertz CT molecular complexity index is 201. The molecule has 94 valence electrons. The van der Waals surface area contributed by atoms with Crippen molar-refractivity contribution in [3.05, 3.63) is 0 Å². The zero-order valence-corrected chi connectivity index (χ0v) is 10.4. The molecule has 1 amide bonds. The maximum atomic E-state index is 11.4. The van der Waals surface area contributed by atoms with E-state index in [1.54, 1.807) is 0 Å². The van der Waals surface area contributed by atoms with Crippen LogP contribution in [0.15, 0.2) is 0 Å². The molecule has 0 aliphatic carbocycles. The fourth-order valence-corrected chi connectivity index (χ4v) is 1.82. The average molecular weight is 228 g/mol. The van der Waals surface area contributed by atoms with Crippen LogP contribution in [0.25, 0.3) is 0 Å². The minimum atomic E-state index is 0.140. The molecule has 0 bridgehead atoms. The van der Waals surface area contributed by atoms with Crippen molar-refractivity contribution in [1.29, 1.82) is 0 Å². The van der Waals surface area contributed by atoms with E-state index in [1.165, 1.54) is 0 Å². The monoisotopic (exact) mass is 228 g/mol. The Balaban J connectivity index is 1.94. The van der Waals surface area contributed by atoms with Crippen molar-refractivity contribution in [2.45, 2.75) is 51.7 Å². The fraction of sp³-hybridized carbons (Fsp3) is 0.917. The van der Waals surface area contributed by atoms with E-state index >= 15 is 0 Å². The van der Waals surface area contributed by atoms with E-state index in [1.807, 2.05) is 0 Å². The van der Waals surface area contributed by atoms with Gasteiger partial charge in [-0.3, -0.25) is 4.79 Å². The highest BCUT2D eigenvalue weighted by atomic mass is 16.5. The zero-order valence-electron chi connectivity index (χ0n) is 10.4. The molecule has 0 aromatic heterocycles. The lowest BCUT2D eigenvalue weighted by Gasteiger charge is -2.10. The quantitative estimate of drug-likeness (QED) is 0.641. The molecule has 1 saturated heterocycles. The van der Waals surface area contributed by atoms with Gasteiger partial charge in [0.2, 0.25) is 5.91 Å². The number of amides is 1. The van der Waals surface area contributed by atoms with Crippen LogP contribution in [0.1, 0.15) is 39.5 Å². The van der Waals surface area contributed by atoms with Crippen molar-refractivity contribution in [3.63, 3.8) is 0 Å². The molecule has 16 heavy (non-hydrogen) atoms. The summed E-state index contributed by atoms with van der Waals surface area (Å²) in [5.74, 6) is 0.140. The first-order chi connectivity index (χ1) is 7.68. The molecule has 1 rings (SSSR count). The second-order valence-electron chi connectivity index (χ2n) is 4.63. The van der Waals surface area contributed by atoms with Crippen LogP contribution in [-0.4, -0.2) is 37.7 Å². The number of hydrogen-bond donors (Lipinski definition) is 2. The van der Waals surface area contributed by atoms with Crippen molar-refractivity contribution in [2.75, 3.05) is 19.7 Å². The van der Waals surface area contributed by atoms with Crippen LogP contribution in [0, 0.1) is 0 Å². The van der Waals surface area contributed by atoms with Crippen molar-refractivity contribution < 1.29 is 9.53 Å². The molecule has 0 aromatic carbocycles. The van der Waals surface area contributed by atoms with Gasteiger partial charge in [0.15, 0.2) is 0 Å². The third-order valence-corrected chi connectivity index (χ3v) is 2.72. The van der Waals surface area contributed by atoms with E-state index in [2.05, 4.69) is 24.5 Å². The minimum Gasteiger partial charge on any atom is -0.378 e. The van der Waals surface area contributed by atoms with Crippen LogP contribution in [0.2, 0.25) is 0 Å². The molecule has 1 aliphatic heterocycles. The lowest BCUT2D eigenvalue weighted by molar-refractivity contribution is -0.121. The first-order valence-corrected chi connectivity index (χ1v) is 6.30. The van der Waals surface area contributed by atoms with Crippen LogP contribution in [0.3, 0.4) is 0 Å². The highest BCUT2D eigenvalue weighted by molar-refractivity contribution is 5.75. The molecular weight excluding hydrogens is 204 g/mol.